The highest BCUT2D eigenvalue weighted by atomic mass is 16.7. The molecule has 1 atom stereocenters. The first-order valence-electron chi connectivity index (χ1n) is 4.18. The van der Waals surface area contributed by atoms with Crippen molar-refractivity contribution in [1.29, 1.82) is 0 Å². The molecule has 0 saturated carbocycles. The Balaban J connectivity index is 3.82. The number of hydrogen-bond donors (Lipinski definition) is 1. The maximum absolute atomic E-state index is 5.71. The normalized spacial score (nSPS) is 12.9. The standard InChI is InChI=1S/C9H17NO2/c1-4-7-8(10)9(11-5-2)12-6-3/h1,8-9H,5-7,10H2,2-3H3. The van der Waals surface area contributed by atoms with E-state index in [1.807, 2.05) is 13.8 Å². The number of terminal acetylenes is 1. The molecule has 3 nitrogen and oxygen atoms in total. The number of rotatable bonds is 6. The van der Waals surface area contributed by atoms with Crippen molar-refractivity contribution in [3.63, 3.8) is 0 Å². The summed E-state index contributed by atoms with van der Waals surface area (Å²) < 4.78 is 10.5. The molecule has 3 heteroatoms. The lowest BCUT2D eigenvalue weighted by atomic mass is 10.2. The molecule has 0 spiro atoms. The van der Waals surface area contributed by atoms with Crippen LogP contribution in [0.4, 0.5) is 0 Å². The summed E-state index contributed by atoms with van der Waals surface area (Å²) in [6.45, 7) is 4.97. The molecule has 2 N–H and O–H groups in total. The van der Waals surface area contributed by atoms with Crippen molar-refractivity contribution in [3.8, 4) is 12.3 Å². The molecule has 0 saturated heterocycles. The molecule has 70 valence electrons. The summed E-state index contributed by atoms with van der Waals surface area (Å²) in [5, 5.41) is 0. The van der Waals surface area contributed by atoms with E-state index in [4.69, 9.17) is 21.6 Å². The minimum absolute atomic E-state index is 0.227. The van der Waals surface area contributed by atoms with E-state index in [1.165, 1.54) is 0 Å². The Labute approximate surface area is 74.2 Å². The zero-order valence-corrected chi connectivity index (χ0v) is 7.75. The summed E-state index contributed by atoms with van der Waals surface area (Å²) in [7, 11) is 0. The molecule has 0 aliphatic carbocycles. The van der Waals surface area contributed by atoms with Crippen LogP contribution in [-0.2, 0) is 9.47 Å². The first-order chi connectivity index (χ1) is 5.76. The van der Waals surface area contributed by atoms with Crippen LogP contribution in [0.15, 0.2) is 0 Å². The van der Waals surface area contributed by atoms with Gasteiger partial charge >= 0.3 is 0 Å². The topological polar surface area (TPSA) is 44.5 Å². The highest BCUT2D eigenvalue weighted by Crippen LogP contribution is 2.02. The maximum Gasteiger partial charge on any atom is 0.173 e. The second-order valence-electron chi connectivity index (χ2n) is 2.35. The first kappa shape index (κ1) is 11.4. The Morgan fingerprint density at radius 1 is 1.33 bits per heavy atom. The van der Waals surface area contributed by atoms with Gasteiger partial charge in [-0.15, -0.1) is 12.3 Å². The van der Waals surface area contributed by atoms with Gasteiger partial charge in [0, 0.05) is 19.6 Å². The van der Waals surface area contributed by atoms with Crippen molar-refractivity contribution in [3.05, 3.63) is 0 Å². The highest BCUT2D eigenvalue weighted by molar-refractivity contribution is 4.89. The van der Waals surface area contributed by atoms with Crippen LogP contribution in [0.5, 0.6) is 0 Å². The second-order valence-corrected chi connectivity index (χ2v) is 2.35. The maximum atomic E-state index is 5.71. The molecule has 12 heavy (non-hydrogen) atoms. The van der Waals surface area contributed by atoms with Gasteiger partial charge in [0.25, 0.3) is 0 Å². The van der Waals surface area contributed by atoms with Crippen LogP contribution in [0.2, 0.25) is 0 Å². The molecule has 1 unspecified atom stereocenters. The zero-order chi connectivity index (χ0) is 9.40. The Kier molecular flexibility index (Phi) is 6.78. The summed E-state index contributed by atoms with van der Waals surface area (Å²) in [6, 6.07) is -0.227. The highest BCUT2D eigenvalue weighted by Gasteiger charge is 2.16. The molecule has 0 aromatic carbocycles. The van der Waals surface area contributed by atoms with E-state index in [0.717, 1.165) is 0 Å². The van der Waals surface area contributed by atoms with Gasteiger partial charge in [-0.1, -0.05) is 0 Å². The van der Waals surface area contributed by atoms with E-state index < -0.39 is 0 Å². The fourth-order valence-corrected chi connectivity index (χ4v) is 0.856. The van der Waals surface area contributed by atoms with Crippen molar-refractivity contribution in [2.75, 3.05) is 13.2 Å². The van der Waals surface area contributed by atoms with E-state index in [-0.39, 0.29) is 12.3 Å². The van der Waals surface area contributed by atoms with Gasteiger partial charge in [0.2, 0.25) is 0 Å². The van der Waals surface area contributed by atoms with E-state index in [9.17, 15) is 0 Å². The fraction of sp³-hybridized carbons (Fsp3) is 0.778. The Bertz CT molecular complexity index is 136. The molecule has 0 radical (unpaired) electrons. The van der Waals surface area contributed by atoms with Gasteiger partial charge in [-0.3, -0.25) is 0 Å². The van der Waals surface area contributed by atoms with E-state index in [1.54, 1.807) is 0 Å². The van der Waals surface area contributed by atoms with E-state index in [2.05, 4.69) is 5.92 Å². The molecule has 0 aromatic rings. The number of ether oxygens (including phenoxy) is 2. The lowest BCUT2D eigenvalue weighted by Crippen LogP contribution is -2.38. The molecule has 0 fully saturated rings. The fourth-order valence-electron chi connectivity index (χ4n) is 0.856. The van der Waals surface area contributed by atoms with Gasteiger partial charge in [0.15, 0.2) is 6.29 Å². The van der Waals surface area contributed by atoms with Crippen LogP contribution in [0.25, 0.3) is 0 Å². The third-order valence-corrected chi connectivity index (χ3v) is 1.37. The SMILES string of the molecule is C#CCC(N)C(OCC)OCC. The van der Waals surface area contributed by atoms with Crippen molar-refractivity contribution < 1.29 is 9.47 Å². The van der Waals surface area contributed by atoms with E-state index >= 15 is 0 Å². The van der Waals surface area contributed by atoms with Gasteiger partial charge in [0.1, 0.15) is 0 Å². The summed E-state index contributed by atoms with van der Waals surface area (Å²) in [5.74, 6) is 2.48. The largest absolute Gasteiger partial charge is 0.351 e. The van der Waals surface area contributed by atoms with Crippen LogP contribution >= 0.6 is 0 Å². The molecular formula is C9H17NO2. The molecule has 0 rings (SSSR count). The molecule has 0 amide bonds. The van der Waals surface area contributed by atoms with Gasteiger partial charge in [0.05, 0.1) is 6.04 Å². The van der Waals surface area contributed by atoms with Crippen LogP contribution in [0.3, 0.4) is 0 Å². The van der Waals surface area contributed by atoms with Crippen LogP contribution in [0.1, 0.15) is 20.3 Å². The predicted octanol–water partition coefficient (Wildman–Crippen LogP) is 0.736. The minimum atomic E-state index is -0.365. The van der Waals surface area contributed by atoms with Crippen LogP contribution in [-0.4, -0.2) is 25.5 Å². The lowest BCUT2D eigenvalue weighted by molar-refractivity contribution is -0.147. The zero-order valence-electron chi connectivity index (χ0n) is 7.75. The molecule has 0 aliphatic heterocycles. The summed E-state index contributed by atoms with van der Waals surface area (Å²) in [4.78, 5) is 0. The number of nitrogens with two attached hydrogens (primary N) is 1. The quantitative estimate of drug-likeness (QED) is 0.473. The second kappa shape index (κ2) is 7.11. The van der Waals surface area contributed by atoms with Crippen molar-refractivity contribution >= 4 is 0 Å². The minimum Gasteiger partial charge on any atom is -0.351 e. The Morgan fingerprint density at radius 3 is 2.17 bits per heavy atom. The summed E-state index contributed by atoms with van der Waals surface area (Å²) in [6.07, 6.45) is 5.23. The third-order valence-electron chi connectivity index (χ3n) is 1.37. The van der Waals surface area contributed by atoms with Crippen molar-refractivity contribution in [2.24, 2.45) is 5.73 Å². The molecule has 0 bridgehead atoms. The summed E-state index contributed by atoms with van der Waals surface area (Å²) in [5.41, 5.74) is 5.71. The molecule has 0 heterocycles. The van der Waals surface area contributed by atoms with Crippen molar-refractivity contribution in [2.45, 2.75) is 32.6 Å². The van der Waals surface area contributed by atoms with Gasteiger partial charge in [-0.05, 0) is 13.8 Å². The third kappa shape index (κ3) is 4.35. The first-order valence-corrected chi connectivity index (χ1v) is 4.18. The molecule has 0 aliphatic rings. The lowest BCUT2D eigenvalue weighted by Gasteiger charge is -2.21. The predicted molar refractivity (Wildman–Crippen MR) is 48.5 cm³/mol. The van der Waals surface area contributed by atoms with Gasteiger partial charge in [-0.25, -0.2) is 0 Å². The van der Waals surface area contributed by atoms with Gasteiger partial charge in [-0.2, -0.15) is 0 Å². The Morgan fingerprint density at radius 2 is 1.83 bits per heavy atom. The average Bonchev–Trinajstić information content (AvgIpc) is 2.04. The van der Waals surface area contributed by atoms with Crippen LogP contribution in [0, 0.1) is 12.3 Å². The molecular weight excluding hydrogens is 154 g/mol. The van der Waals surface area contributed by atoms with Crippen molar-refractivity contribution in [1.82, 2.24) is 0 Å². The van der Waals surface area contributed by atoms with Crippen LogP contribution < -0.4 is 5.73 Å². The smallest absolute Gasteiger partial charge is 0.173 e. The number of hydrogen-bond acceptors (Lipinski definition) is 3. The monoisotopic (exact) mass is 171 g/mol. The summed E-state index contributed by atoms with van der Waals surface area (Å²) >= 11 is 0. The van der Waals surface area contributed by atoms with E-state index in [0.29, 0.717) is 19.6 Å². The Hall–Kier alpha value is -0.560. The van der Waals surface area contributed by atoms with Gasteiger partial charge < -0.3 is 15.2 Å². The molecule has 0 aromatic heterocycles. The average molecular weight is 171 g/mol.